The van der Waals surface area contributed by atoms with Crippen LogP contribution in [-0.4, -0.2) is 32.4 Å². The number of hydrogen-bond acceptors (Lipinski definition) is 8. The summed E-state index contributed by atoms with van der Waals surface area (Å²) in [5.41, 5.74) is 6.05. The highest BCUT2D eigenvalue weighted by atomic mass is 19.1. The predicted octanol–water partition coefficient (Wildman–Crippen LogP) is 2.22. The number of halogens is 1. The normalized spacial score (nSPS) is 11.5. The molecule has 3 rings (SSSR count). The van der Waals surface area contributed by atoms with Crippen molar-refractivity contribution in [1.29, 1.82) is 0 Å². The van der Waals surface area contributed by atoms with E-state index in [1.54, 1.807) is 36.8 Å². The van der Waals surface area contributed by atoms with Crippen molar-refractivity contribution >= 4 is 29.3 Å². The van der Waals surface area contributed by atoms with Crippen LogP contribution in [0, 0.1) is 5.82 Å². The van der Waals surface area contributed by atoms with Crippen LogP contribution in [0.2, 0.25) is 0 Å². The first-order valence-electron chi connectivity index (χ1n) is 8.46. The Hall–Kier alpha value is -3.82. The van der Waals surface area contributed by atoms with Crippen molar-refractivity contribution in [3.8, 4) is 0 Å². The molecule has 10 heteroatoms. The number of anilines is 4. The fraction of sp³-hybridized carbons (Fsp3) is 0.167. The number of rotatable bonds is 8. The van der Waals surface area contributed by atoms with E-state index in [0.717, 1.165) is 5.56 Å². The standard InChI is InChI=1S/C18H19FN8O/c1-11(12-2-4-13(19)5-3-12)24-18-26-15(23-9-14(20)28)8-16(27-18)25-17-10-21-6-7-22-17/h2-8,10-11H,9H2,1H3,(H2,20,28)(H3,22,23,24,25,26,27)/t11-/m0/s1. The SMILES string of the molecule is C[C@H](Nc1nc(NCC(N)=O)cc(Nc2cnccn2)n1)c1ccc(F)cc1. The third kappa shape index (κ3) is 5.34. The van der Waals surface area contributed by atoms with Crippen LogP contribution in [0.4, 0.5) is 27.8 Å². The largest absolute Gasteiger partial charge is 0.368 e. The summed E-state index contributed by atoms with van der Waals surface area (Å²) in [5.74, 6) is 0.819. The number of nitrogens with one attached hydrogen (secondary N) is 3. The van der Waals surface area contributed by atoms with Crippen molar-refractivity contribution in [3.05, 3.63) is 60.3 Å². The maximum absolute atomic E-state index is 13.1. The van der Waals surface area contributed by atoms with E-state index < -0.39 is 5.91 Å². The molecule has 0 aliphatic carbocycles. The molecule has 5 N–H and O–H groups in total. The second kappa shape index (κ2) is 8.71. The van der Waals surface area contributed by atoms with Gasteiger partial charge < -0.3 is 21.7 Å². The number of nitrogens with zero attached hydrogens (tertiary/aromatic N) is 4. The molecule has 0 unspecified atom stereocenters. The molecule has 0 bridgehead atoms. The fourth-order valence-electron chi connectivity index (χ4n) is 2.37. The highest BCUT2D eigenvalue weighted by molar-refractivity contribution is 5.78. The number of amides is 1. The summed E-state index contributed by atoms with van der Waals surface area (Å²) in [7, 11) is 0. The smallest absolute Gasteiger partial charge is 0.236 e. The quantitative estimate of drug-likeness (QED) is 0.466. The van der Waals surface area contributed by atoms with Crippen molar-refractivity contribution in [2.45, 2.75) is 13.0 Å². The Bertz CT molecular complexity index is 936. The first kappa shape index (κ1) is 19.0. The highest BCUT2D eigenvalue weighted by Crippen LogP contribution is 2.21. The number of benzene rings is 1. The second-order valence-corrected chi connectivity index (χ2v) is 5.92. The molecule has 1 atom stereocenters. The molecule has 0 radical (unpaired) electrons. The maximum Gasteiger partial charge on any atom is 0.236 e. The number of nitrogens with two attached hydrogens (primary N) is 1. The topological polar surface area (TPSA) is 131 Å². The minimum Gasteiger partial charge on any atom is -0.368 e. The van der Waals surface area contributed by atoms with Crippen LogP contribution in [0.5, 0.6) is 0 Å². The summed E-state index contributed by atoms with van der Waals surface area (Å²) in [6.45, 7) is 1.82. The zero-order valence-electron chi connectivity index (χ0n) is 15.1. The van der Waals surface area contributed by atoms with Crippen molar-refractivity contribution in [2.24, 2.45) is 5.73 Å². The van der Waals surface area contributed by atoms with Crippen molar-refractivity contribution in [1.82, 2.24) is 19.9 Å². The van der Waals surface area contributed by atoms with E-state index in [1.807, 2.05) is 6.92 Å². The third-order valence-corrected chi connectivity index (χ3v) is 3.70. The molecule has 2 heterocycles. The molecule has 0 fully saturated rings. The van der Waals surface area contributed by atoms with Gasteiger partial charge in [-0.2, -0.15) is 9.97 Å². The monoisotopic (exact) mass is 382 g/mol. The summed E-state index contributed by atoms with van der Waals surface area (Å²) in [6, 6.07) is 7.57. The molecule has 2 aromatic heterocycles. The van der Waals surface area contributed by atoms with Gasteiger partial charge in [0.2, 0.25) is 11.9 Å². The number of carbonyl (C=O) groups is 1. The third-order valence-electron chi connectivity index (χ3n) is 3.70. The number of primary amides is 1. The number of aromatic nitrogens is 4. The number of carbonyl (C=O) groups excluding carboxylic acids is 1. The van der Waals surface area contributed by atoms with Crippen LogP contribution in [0.15, 0.2) is 48.9 Å². The molecule has 1 aromatic carbocycles. The van der Waals surface area contributed by atoms with E-state index in [-0.39, 0.29) is 18.4 Å². The molecule has 0 spiro atoms. The van der Waals surface area contributed by atoms with Gasteiger partial charge in [-0.1, -0.05) is 12.1 Å². The van der Waals surface area contributed by atoms with Crippen LogP contribution in [0.25, 0.3) is 0 Å². The summed E-state index contributed by atoms with van der Waals surface area (Å²) in [4.78, 5) is 27.9. The van der Waals surface area contributed by atoms with Gasteiger partial charge in [0.15, 0.2) is 0 Å². The lowest BCUT2D eigenvalue weighted by atomic mass is 10.1. The lowest BCUT2D eigenvalue weighted by molar-refractivity contribution is -0.116. The maximum atomic E-state index is 13.1. The lowest BCUT2D eigenvalue weighted by Crippen LogP contribution is -2.22. The molecule has 0 saturated heterocycles. The lowest BCUT2D eigenvalue weighted by Gasteiger charge is -2.16. The van der Waals surface area contributed by atoms with Gasteiger partial charge in [-0.25, -0.2) is 9.37 Å². The molecule has 0 aliphatic rings. The van der Waals surface area contributed by atoms with Gasteiger partial charge in [-0.3, -0.25) is 9.78 Å². The Balaban J connectivity index is 1.83. The minimum absolute atomic E-state index is 0.0748. The van der Waals surface area contributed by atoms with E-state index in [1.165, 1.54) is 12.1 Å². The molecule has 0 saturated carbocycles. The summed E-state index contributed by atoms with van der Waals surface area (Å²) >= 11 is 0. The Morgan fingerprint density at radius 1 is 1.14 bits per heavy atom. The Labute approximate surface area is 160 Å². The molecule has 144 valence electrons. The van der Waals surface area contributed by atoms with Gasteiger partial charge in [-0.05, 0) is 24.6 Å². The zero-order valence-corrected chi connectivity index (χ0v) is 15.1. The van der Waals surface area contributed by atoms with E-state index in [0.29, 0.717) is 23.4 Å². The van der Waals surface area contributed by atoms with Gasteiger partial charge >= 0.3 is 0 Å². The van der Waals surface area contributed by atoms with Crippen LogP contribution in [-0.2, 0) is 4.79 Å². The summed E-state index contributed by atoms with van der Waals surface area (Å²) in [6.07, 6.45) is 4.65. The average Bonchev–Trinajstić information content (AvgIpc) is 2.67. The number of hydrogen-bond donors (Lipinski definition) is 4. The van der Waals surface area contributed by atoms with Gasteiger partial charge in [0.25, 0.3) is 0 Å². The van der Waals surface area contributed by atoms with E-state index in [9.17, 15) is 9.18 Å². The van der Waals surface area contributed by atoms with Crippen LogP contribution in [0.1, 0.15) is 18.5 Å². The second-order valence-electron chi connectivity index (χ2n) is 5.92. The van der Waals surface area contributed by atoms with Crippen LogP contribution >= 0.6 is 0 Å². The highest BCUT2D eigenvalue weighted by Gasteiger charge is 2.11. The van der Waals surface area contributed by atoms with Crippen molar-refractivity contribution < 1.29 is 9.18 Å². The van der Waals surface area contributed by atoms with Crippen LogP contribution in [0.3, 0.4) is 0 Å². The molecular weight excluding hydrogens is 363 g/mol. The predicted molar refractivity (Wildman–Crippen MR) is 103 cm³/mol. The van der Waals surface area contributed by atoms with Gasteiger partial charge in [0.05, 0.1) is 18.8 Å². The van der Waals surface area contributed by atoms with Crippen molar-refractivity contribution in [3.63, 3.8) is 0 Å². The molecule has 0 aliphatic heterocycles. The molecule has 9 nitrogen and oxygen atoms in total. The van der Waals surface area contributed by atoms with E-state index >= 15 is 0 Å². The first-order chi connectivity index (χ1) is 13.5. The Morgan fingerprint density at radius 2 is 1.89 bits per heavy atom. The van der Waals surface area contributed by atoms with E-state index in [4.69, 9.17) is 5.73 Å². The van der Waals surface area contributed by atoms with Crippen molar-refractivity contribution in [2.75, 3.05) is 22.5 Å². The Morgan fingerprint density at radius 3 is 2.57 bits per heavy atom. The van der Waals surface area contributed by atoms with Gasteiger partial charge in [-0.15, -0.1) is 0 Å². The average molecular weight is 382 g/mol. The van der Waals surface area contributed by atoms with Gasteiger partial charge in [0, 0.05) is 18.5 Å². The fourth-order valence-corrected chi connectivity index (χ4v) is 2.37. The first-order valence-corrected chi connectivity index (χ1v) is 8.46. The summed E-state index contributed by atoms with van der Waals surface area (Å²) < 4.78 is 13.1. The van der Waals surface area contributed by atoms with Crippen LogP contribution < -0.4 is 21.7 Å². The molecular formula is C18H19FN8O. The Kier molecular flexibility index (Phi) is 5.90. The van der Waals surface area contributed by atoms with E-state index in [2.05, 4.69) is 35.9 Å². The minimum atomic E-state index is -0.517. The summed E-state index contributed by atoms with van der Waals surface area (Å²) in [5, 5.41) is 9.02. The van der Waals surface area contributed by atoms with Gasteiger partial charge in [0.1, 0.15) is 23.3 Å². The molecule has 1 amide bonds. The molecule has 3 aromatic rings. The zero-order chi connectivity index (χ0) is 19.9. The molecule has 28 heavy (non-hydrogen) atoms.